The van der Waals surface area contributed by atoms with Gasteiger partial charge in [0.2, 0.25) is 0 Å². The topological polar surface area (TPSA) is 76.4 Å². The molecule has 1 N–H and O–H groups in total. The van der Waals surface area contributed by atoms with Gasteiger partial charge in [0.25, 0.3) is 15.0 Å². The number of hydrogen-bond donors (Lipinski definition) is 1. The van der Waals surface area contributed by atoms with Crippen molar-refractivity contribution in [1.82, 2.24) is 5.32 Å². The molecule has 0 aliphatic heterocycles. The molecular weight excluding hydrogens is 358 g/mol. The Morgan fingerprint density at radius 2 is 2.21 bits per heavy atom. The molecule has 106 valence electrons. The lowest BCUT2D eigenvalue weighted by Gasteiger charge is -2.31. The van der Waals surface area contributed by atoms with Gasteiger partial charge in [-0.15, -0.1) is 0 Å². The van der Waals surface area contributed by atoms with Gasteiger partial charge in [0.15, 0.2) is 10.4 Å². The summed E-state index contributed by atoms with van der Waals surface area (Å²) in [4.78, 5) is 11.7. The van der Waals surface area contributed by atoms with Crippen LogP contribution in [0.3, 0.4) is 0 Å². The zero-order valence-corrected chi connectivity index (χ0v) is 13.3. The van der Waals surface area contributed by atoms with Gasteiger partial charge in [0.1, 0.15) is 4.90 Å². The second-order valence-electron chi connectivity index (χ2n) is 4.64. The Kier molecular flexibility index (Phi) is 4.27. The SMILES string of the molecule is CC(NC(=O)c1cc(S(=O)(=O)Cl)c(Br)o1)C1CCC1. The molecule has 1 saturated carbocycles. The minimum absolute atomic E-state index is 0.0428. The van der Waals surface area contributed by atoms with Crippen LogP contribution in [0.1, 0.15) is 36.7 Å². The third-order valence-corrected chi connectivity index (χ3v) is 5.54. The molecule has 0 bridgehead atoms. The fourth-order valence-corrected chi connectivity index (χ4v) is 4.00. The summed E-state index contributed by atoms with van der Waals surface area (Å²) in [5, 5.41) is 2.80. The van der Waals surface area contributed by atoms with Crippen molar-refractivity contribution >= 4 is 41.6 Å². The van der Waals surface area contributed by atoms with Gasteiger partial charge < -0.3 is 9.73 Å². The van der Waals surface area contributed by atoms with Crippen LogP contribution in [0, 0.1) is 5.92 Å². The smallest absolute Gasteiger partial charge is 0.287 e. The van der Waals surface area contributed by atoms with Crippen molar-refractivity contribution in [3.63, 3.8) is 0 Å². The molecule has 1 unspecified atom stereocenters. The van der Waals surface area contributed by atoms with E-state index in [0.717, 1.165) is 18.9 Å². The van der Waals surface area contributed by atoms with Gasteiger partial charge in [-0.25, -0.2) is 8.42 Å². The van der Waals surface area contributed by atoms with Crippen LogP contribution in [-0.2, 0) is 9.05 Å². The van der Waals surface area contributed by atoms with Crippen LogP contribution >= 0.6 is 26.6 Å². The van der Waals surface area contributed by atoms with E-state index in [-0.39, 0.29) is 21.4 Å². The highest BCUT2D eigenvalue weighted by atomic mass is 79.9. The summed E-state index contributed by atoms with van der Waals surface area (Å²) < 4.78 is 27.4. The summed E-state index contributed by atoms with van der Waals surface area (Å²) in [6.07, 6.45) is 3.39. The Morgan fingerprint density at radius 1 is 1.58 bits per heavy atom. The van der Waals surface area contributed by atoms with Crippen molar-refractivity contribution in [1.29, 1.82) is 0 Å². The lowest BCUT2D eigenvalue weighted by atomic mass is 9.80. The third kappa shape index (κ3) is 3.32. The minimum Gasteiger partial charge on any atom is -0.443 e. The van der Waals surface area contributed by atoms with Gasteiger partial charge in [-0.1, -0.05) is 6.42 Å². The Labute approximate surface area is 124 Å². The van der Waals surface area contributed by atoms with E-state index in [0.29, 0.717) is 5.92 Å². The van der Waals surface area contributed by atoms with E-state index in [1.807, 2.05) is 6.92 Å². The molecule has 8 heteroatoms. The highest BCUT2D eigenvalue weighted by Gasteiger charge is 2.28. The van der Waals surface area contributed by atoms with E-state index >= 15 is 0 Å². The molecule has 0 saturated heterocycles. The number of carbonyl (C=O) groups excluding carboxylic acids is 1. The summed E-state index contributed by atoms with van der Waals surface area (Å²) >= 11 is 2.93. The summed E-state index contributed by atoms with van der Waals surface area (Å²) in [5.41, 5.74) is 0. The monoisotopic (exact) mass is 369 g/mol. The molecule has 1 aliphatic rings. The maximum absolute atomic E-state index is 11.9. The van der Waals surface area contributed by atoms with Crippen molar-refractivity contribution in [3.05, 3.63) is 16.5 Å². The van der Waals surface area contributed by atoms with Crippen molar-refractivity contribution in [3.8, 4) is 0 Å². The van der Waals surface area contributed by atoms with Gasteiger partial charge >= 0.3 is 0 Å². The van der Waals surface area contributed by atoms with Crippen LogP contribution < -0.4 is 5.32 Å². The molecule has 1 aliphatic carbocycles. The maximum Gasteiger partial charge on any atom is 0.287 e. The van der Waals surface area contributed by atoms with Crippen molar-refractivity contribution < 1.29 is 17.6 Å². The number of halogens is 2. The number of furan rings is 1. The number of nitrogens with one attached hydrogen (secondary N) is 1. The number of rotatable bonds is 4. The molecule has 1 heterocycles. The Hall–Kier alpha value is -0.530. The largest absolute Gasteiger partial charge is 0.443 e. The quantitative estimate of drug-likeness (QED) is 0.827. The van der Waals surface area contributed by atoms with E-state index in [2.05, 4.69) is 21.2 Å². The average Bonchev–Trinajstić information content (AvgIpc) is 2.56. The number of hydrogen-bond acceptors (Lipinski definition) is 4. The van der Waals surface area contributed by atoms with E-state index in [1.165, 1.54) is 6.42 Å². The molecule has 5 nitrogen and oxygen atoms in total. The average molecular weight is 371 g/mol. The molecule has 19 heavy (non-hydrogen) atoms. The zero-order valence-electron chi connectivity index (χ0n) is 10.2. The summed E-state index contributed by atoms with van der Waals surface area (Å²) in [6, 6.07) is 1.16. The molecule has 1 atom stereocenters. The zero-order chi connectivity index (χ0) is 14.2. The van der Waals surface area contributed by atoms with E-state index in [4.69, 9.17) is 15.1 Å². The van der Waals surface area contributed by atoms with Gasteiger partial charge in [0.05, 0.1) is 0 Å². The second-order valence-corrected chi connectivity index (χ2v) is 7.89. The van der Waals surface area contributed by atoms with Crippen LogP contribution in [-0.4, -0.2) is 20.4 Å². The first-order chi connectivity index (χ1) is 8.79. The molecule has 0 radical (unpaired) electrons. The molecule has 0 spiro atoms. The maximum atomic E-state index is 11.9. The molecule has 1 fully saturated rings. The fraction of sp³-hybridized carbons (Fsp3) is 0.545. The molecule has 0 aromatic carbocycles. The van der Waals surface area contributed by atoms with Crippen molar-refractivity contribution in [2.75, 3.05) is 0 Å². The van der Waals surface area contributed by atoms with Gasteiger partial charge in [-0.2, -0.15) is 0 Å². The highest BCUT2D eigenvalue weighted by molar-refractivity contribution is 9.10. The molecule has 1 amide bonds. The van der Waals surface area contributed by atoms with E-state index < -0.39 is 15.0 Å². The first-order valence-electron chi connectivity index (χ1n) is 5.84. The fourth-order valence-electron chi connectivity index (χ4n) is 1.97. The molecule has 2 rings (SSSR count). The number of amides is 1. The Morgan fingerprint density at radius 3 is 2.63 bits per heavy atom. The summed E-state index contributed by atoms with van der Waals surface area (Å²) in [7, 11) is 1.29. The van der Waals surface area contributed by atoms with E-state index in [9.17, 15) is 13.2 Å². The van der Waals surface area contributed by atoms with Gasteiger partial charge in [0, 0.05) is 22.8 Å². The van der Waals surface area contributed by atoms with Crippen LogP contribution in [0.2, 0.25) is 0 Å². The highest BCUT2D eigenvalue weighted by Crippen LogP contribution is 2.31. The second kappa shape index (κ2) is 5.46. The number of carbonyl (C=O) groups is 1. The predicted octanol–water partition coefficient (Wildman–Crippen LogP) is 2.89. The standard InChI is InChI=1S/C11H13BrClNO4S/c1-6(7-3-2-4-7)14-11(15)8-5-9(10(12)18-8)19(13,16)17/h5-7H,2-4H2,1H3,(H,14,15). The third-order valence-electron chi connectivity index (χ3n) is 3.36. The van der Waals surface area contributed by atoms with Gasteiger partial charge in [-0.05, 0) is 41.6 Å². The predicted molar refractivity (Wildman–Crippen MR) is 73.7 cm³/mol. The normalized spacial score (nSPS) is 17.8. The lowest BCUT2D eigenvalue weighted by molar-refractivity contribution is 0.0880. The van der Waals surface area contributed by atoms with Crippen LogP contribution in [0.25, 0.3) is 0 Å². The summed E-state index contributed by atoms with van der Waals surface area (Å²) in [5.74, 6) is -0.0254. The van der Waals surface area contributed by atoms with Crippen molar-refractivity contribution in [2.24, 2.45) is 5.92 Å². The first-order valence-corrected chi connectivity index (χ1v) is 8.94. The molecule has 1 aromatic heterocycles. The Bertz CT molecular complexity index is 594. The first kappa shape index (κ1) is 14.9. The van der Waals surface area contributed by atoms with Crippen LogP contribution in [0.5, 0.6) is 0 Å². The van der Waals surface area contributed by atoms with Gasteiger partial charge in [-0.3, -0.25) is 4.79 Å². The Balaban J connectivity index is 2.11. The lowest BCUT2D eigenvalue weighted by Crippen LogP contribution is -2.40. The molecular formula is C11H13BrClNO4S. The van der Waals surface area contributed by atoms with Crippen molar-refractivity contribution in [2.45, 2.75) is 37.1 Å². The van der Waals surface area contributed by atoms with Crippen LogP contribution in [0.15, 0.2) is 20.0 Å². The summed E-state index contributed by atoms with van der Waals surface area (Å²) in [6.45, 7) is 1.93. The minimum atomic E-state index is -3.93. The molecule has 1 aromatic rings. The van der Waals surface area contributed by atoms with E-state index in [1.54, 1.807) is 0 Å². The van der Waals surface area contributed by atoms with Crippen LogP contribution in [0.4, 0.5) is 0 Å².